The third-order valence-corrected chi connectivity index (χ3v) is 2.83. The van der Waals surface area contributed by atoms with Crippen LogP contribution in [0.5, 0.6) is 5.75 Å². The molecule has 4 heteroatoms. The van der Waals surface area contributed by atoms with Crippen LogP contribution in [0.15, 0.2) is 42.5 Å². The highest BCUT2D eigenvalue weighted by Gasteiger charge is 2.03. The summed E-state index contributed by atoms with van der Waals surface area (Å²) in [6, 6.07) is 14.8. The Hall–Kier alpha value is -2.18. The molecule has 0 fully saturated rings. The summed E-state index contributed by atoms with van der Waals surface area (Å²) in [7, 11) is 0. The van der Waals surface area contributed by atoms with Crippen molar-refractivity contribution in [2.75, 3.05) is 11.9 Å². The summed E-state index contributed by atoms with van der Waals surface area (Å²) in [6.07, 6.45) is 0. The van der Waals surface area contributed by atoms with Gasteiger partial charge in [-0.1, -0.05) is 17.7 Å². The third-order valence-electron chi connectivity index (χ3n) is 2.52. The van der Waals surface area contributed by atoms with Crippen LogP contribution in [0.4, 0.5) is 11.4 Å². The molecule has 3 nitrogen and oxygen atoms in total. The second-order valence-electron chi connectivity index (χ2n) is 3.89. The Bertz CT molecular complexity index is 620. The lowest BCUT2D eigenvalue weighted by Gasteiger charge is -2.10. The summed E-state index contributed by atoms with van der Waals surface area (Å²) in [5, 5.41) is 12.5. The average molecular weight is 273 g/mol. The van der Waals surface area contributed by atoms with Gasteiger partial charge in [0.1, 0.15) is 5.75 Å². The Kier molecular flexibility index (Phi) is 4.27. The van der Waals surface area contributed by atoms with Crippen molar-refractivity contribution >= 4 is 23.0 Å². The summed E-state index contributed by atoms with van der Waals surface area (Å²) in [6.45, 7) is 2.57. The van der Waals surface area contributed by atoms with Crippen molar-refractivity contribution < 1.29 is 4.74 Å². The SMILES string of the molecule is CCOc1cccc(Nc2ccc(C#N)cc2Cl)c1. The predicted octanol–water partition coefficient (Wildman–Crippen LogP) is 4.35. The van der Waals surface area contributed by atoms with E-state index in [2.05, 4.69) is 11.4 Å². The van der Waals surface area contributed by atoms with E-state index >= 15 is 0 Å². The predicted molar refractivity (Wildman–Crippen MR) is 77.1 cm³/mol. The molecule has 0 aromatic heterocycles. The highest BCUT2D eigenvalue weighted by atomic mass is 35.5. The number of rotatable bonds is 4. The van der Waals surface area contributed by atoms with Gasteiger partial charge in [0.2, 0.25) is 0 Å². The summed E-state index contributed by atoms with van der Waals surface area (Å²) in [5.74, 6) is 0.803. The first-order valence-electron chi connectivity index (χ1n) is 5.92. The minimum absolute atomic E-state index is 0.515. The van der Waals surface area contributed by atoms with E-state index in [-0.39, 0.29) is 0 Å². The van der Waals surface area contributed by atoms with Crippen molar-refractivity contribution in [2.24, 2.45) is 0 Å². The number of nitriles is 1. The minimum Gasteiger partial charge on any atom is -0.494 e. The molecule has 0 radical (unpaired) electrons. The molecule has 19 heavy (non-hydrogen) atoms. The molecule has 0 aliphatic carbocycles. The van der Waals surface area contributed by atoms with Crippen LogP contribution < -0.4 is 10.1 Å². The van der Waals surface area contributed by atoms with Crippen LogP contribution in [-0.4, -0.2) is 6.61 Å². The van der Waals surface area contributed by atoms with Gasteiger partial charge in [-0.05, 0) is 37.3 Å². The summed E-state index contributed by atoms with van der Waals surface area (Å²) < 4.78 is 5.43. The molecule has 2 rings (SSSR count). The average Bonchev–Trinajstić information content (AvgIpc) is 2.42. The highest BCUT2D eigenvalue weighted by molar-refractivity contribution is 6.33. The van der Waals surface area contributed by atoms with Crippen molar-refractivity contribution in [3.8, 4) is 11.8 Å². The normalized spacial score (nSPS) is 9.74. The van der Waals surface area contributed by atoms with Crippen LogP contribution in [0.1, 0.15) is 12.5 Å². The molecule has 0 aliphatic heterocycles. The number of benzene rings is 2. The van der Waals surface area contributed by atoms with E-state index in [1.54, 1.807) is 18.2 Å². The zero-order valence-corrected chi connectivity index (χ0v) is 11.2. The van der Waals surface area contributed by atoms with Crippen molar-refractivity contribution in [3.63, 3.8) is 0 Å². The van der Waals surface area contributed by atoms with E-state index in [1.165, 1.54) is 0 Å². The van der Waals surface area contributed by atoms with Crippen LogP contribution in [0.2, 0.25) is 5.02 Å². The van der Waals surface area contributed by atoms with E-state index in [9.17, 15) is 0 Å². The molecule has 0 unspecified atom stereocenters. The van der Waals surface area contributed by atoms with Gasteiger partial charge in [-0.25, -0.2) is 0 Å². The molecule has 0 amide bonds. The quantitative estimate of drug-likeness (QED) is 0.900. The molecule has 0 heterocycles. The van der Waals surface area contributed by atoms with Gasteiger partial charge >= 0.3 is 0 Å². The zero-order chi connectivity index (χ0) is 13.7. The first-order valence-corrected chi connectivity index (χ1v) is 6.30. The standard InChI is InChI=1S/C15H13ClN2O/c1-2-19-13-5-3-4-12(9-13)18-15-7-6-11(10-17)8-14(15)16/h3-9,18H,2H2,1H3. The Morgan fingerprint density at radius 1 is 1.26 bits per heavy atom. The molecule has 2 aromatic carbocycles. The fourth-order valence-electron chi connectivity index (χ4n) is 1.67. The van der Waals surface area contributed by atoms with Gasteiger partial charge in [0.05, 0.1) is 28.9 Å². The van der Waals surface area contributed by atoms with Crippen LogP contribution in [0.3, 0.4) is 0 Å². The molecule has 0 saturated heterocycles. The van der Waals surface area contributed by atoms with Gasteiger partial charge in [-0.15, -0.1) is 0 Å². The number of ether oxygens (including phenoxy) is 1. The number of halogens is 1. The monoisotopic (exact) mass is 272 g/mol. The van der Waals surface area contributed by atoms with E-state index < -0.39 is 0 Å². The molecule has 0 saturated carbocycles. The van der Waals surface area contributed by atoms with Crippen molar-refractivity contribution in [2.45, 2.75) is 6.92 Å². The van der Waals surface area contributed by atoms with Crippen LogP contribution in [-0.2, 0) is 0 Å². The topological polar surface area (TPSA) is 45.0 Å². The lowest BCUT2D eigenvalue weighted by Crippen LogP contribution is -1.94. The summed E-state index contributed by atoms with van der Waals surface area (Å²) in [5.41, 5.74) is 2.19. The van der Waals surface area contributed by atoms with Crippen LogP contribution in [0.25, 0.3) is 0 Å². The van der Waals surface area contributed by atoms with E-state index in [4.69, 9.17) is 21.6 Å². The number of nitrogens with zero attached hydrogens (tertiary/aromatic N) is 1. The molecule has 1 N–H and O–H groups in total. The second-order valence-corrected chi connectivity index (χ2v) is 4.30. The van der Waals surface area contributed by atoms with Crippen molar-refractivity contribution in [1.29, 1.82) is 5.26 Å². The van der Waals surface area contributed by atoms with Crippen LogP contribution >= 0.6 is 11.6 Å². The summed E-state index contributed by atoms with van der Waals surface area (Å²) >= 11 is 6.11. The first kappa shape index (κ1) is 13.3. The van der Waals surface area contributed by atoms with Crippen molar-refractivity contribution in [1.82, 2.24) is 0 Å². The van der Waals surface area contributed by atoms with Gasteiger partial charge in [-0.3, -0.25) is 0 Å². The van der Waals surface area contributed by atoms with Gasteiger partial charge < -0.3 is 10.1 Å². The maximum absolute atomic E-state index is 8.79. The van der Waals surface area contributed by atoms with E-state index in [0.717, 1.165) is 17.1 Å². The van der Waals surface area contributed by atoms with Gasteiger partial charge in [-0.2, -0.15) is 5.26 Å². The van der Waals surface area contributed by atoms with Crippen LogP contribution in [0, 0.1) is 11.3 Å². The first-order chi connectivity index (χ1) is 9.22. The smallest absolute Gasteiger partial charge is 0.121 e. The molecule has 0 aliphatic rings. The molecule has 96 valence electrons. The number of anilines is 2. The van der Waals surface area contributed by atoms with Crippen molar-refractivity contribution in [3.05, 3.63) is 53.1 Å². The van der Waals surface area contributed by atoms with Gasteiger partial charge in [0.15, 0.2) is 0 Å². The Morgan fingerprint density at radius 2 is 2.11 bits per heavy atom. The minimum atomic E-state index is 0.515. The van der Waals surface area contributed by atoms with E-state index in [0.29, 0.717) is 17.2 Å². The highest BCUT2D eigenvalue weighted by Crippen LogP contribution is 2.27. The molecule has 0 atom stereocenters. The zero-order valence-electron chi connectivity index (χ0n) is 10.5. The lowest BCUT2D eigenvalue weighted by molar-refractivity contribution is 0.340. The number of hydrogen-bond donors (Lipinski definition) is 1. The number of hydrogen-bond acceptors (Lipinski definition) is 3. The Morgan fingerprint density at radius 3 is 2.79 bits per heavy atom. The fourth-order valence-corrected chi connectivity index (χ4v) is 1.90. The molecule has 2 aromatic rings. The Labute approximate surface area is 117 Å². The number of nitrogens with one attached hydrogen (secondary N) is 1. The van der Waals surface area contributed by atoms with Gasteiger partial charge in [0, 0.05) is 11.8 Å². The van der Waals surface area contributed by atoms with E-state index in [1.807, 2.05) is 31.2 Å². The largest absolute Gasteiger partial charge is 0.494 e. The van der Waals surface area contributed by atoms with Gasteiger partial charge in [0.25, 0.3) is 0 Å². The molecule has 0 spiro atoms. The summed E-state index contributed by atoms with van der Waals surface area (Å²) in [4.78, 5) is 0. The molecular weight excluding hydrogens is 260 g/mol. The fraction of sp³-hybridized carbons (Fsp3) is 0.133. The third kappa shape index (κ3) is 3.40. The maximum Gasteiger partial charge on any atom is 0.121 e. The molecular formula is C15H13ClN2O. The molecule has 0 bridgehead atoms. The maximum atomic E-state index is 8.79. The Balaban J connectivity index is 2.21. The second kappa shape index (κ2) is 6.12. The lowest BCUT2D eigenvalue weighted by atomic mass is 10.2.